The average molecular weight is 422 g/mol. The maximum absolute atomic E-state index is 11.7. The summed E-state index contributed by atoms with van der Waals surface area (Å²) in [5.41, 5.74) is 0.504. The second-order valence-electron chi connectivity index (χ2n) is 6.57. The lowest BCUT2D eigenvalue weighted by Gasteiger charge is -2.26. The summed E-state index contributed by atoms with van der Waals surface area (Å²) in [7, 11) is 0. The fraction of sp³-hybridized carbons (Fsp3) is 0.529. The number of hydrazine groups is 1. The van der Waals surface area contributed by atoms with Gasteiger partial charge in [0, 0.05) is 27.0 Å². The number of rotatable bonds is 6. The molecule has 0 amide bonds. The predicted octanol–water partition coefficient (Wildman–Crippen LogP) is -0.890. The first-order chi connectivity index (χ1) is 14.3. The van der Waals surface area contributed by atoms with Gasteiger partial charge in [-0.3, -0.25) is 24.4 Å². The molecular weight excluding hydrogens is 400 g/mol. The van der Waals surface area contributed by atoms with Gasteiger partial charge in [0.05, 0.1) is 5.56 Å². The molecule has 0 aliphatic carbocycles. The van der Waals surface area contributed by atoms with Crippen molar-refractivity contribution in [1.29, 1.82) is 0 Å². The number of esters is 3. The summed E-state index contributed by atoms with van der Waals surface area (Å²) in [6, 6.07) is 0. The fourth-order valence-corrected chi connectivity index (χ4v) is 3.10. The second kappa shape index (κ2) is 9.00. The van der Waals surface area contributed by atoms with Gasteiger partial charge in [-0.2, -0.15) is 0 Å². The Hall–Kier alpha value is -3.32. The number of aromatic nitrogens is 2. The molecule has 0 aromatic carbocycles. The lowest BCUT2D eigenvalue weighted by Crippen LogP contribution is -2.43. The standard InChI is InChI=1S/C17H22N6O7/c1-8(24)27-5-12-13(28-9(2)25)14(29-10(3)26)17(30-12)22-15-11-4-19-7-23(18)16(11)21-6-20-15/h4,6,12-14,17H,5,7,18H2,1-3H3,(H,20,21,22)/t12-,13-,14-,17-/m1/s1. The van der Waals surface area contributed by atoms with Crippen molar-refractivity contribution >= 4 is 35.8 Å². The molecule has 3 rings (SSSR count). The molecule has 2 aliphatic rings. The number of anilines is 2. The molecule has 162 valence electrons. The highest BCUT2D eigenvalue weighted by Gasteiger charge is 2.50. The molecule has 0 radical (unpaired) electrons. The van der Waals surface area contributed by atoms with E-state index in [-0.39, 0.29) is 13.3 Å². The summed E-state index contributed by atoms with van der Waals surface area (Å²) in [5.74, 6) is 4.88. The van der Waals surface area contributed by atoms with Crippen LogP contribution in [0.5, 0.6) is 0 Å². The van der Waals surface area contributed by atoms with Crippen LogP contribution in [0.2, 0.25) is 0 Å². The van der Waals surface area contributed by atoms with Crippen LogP contribution in [0.15, 0.2) is 11.3 Å². The summed E-state index contributed by atoms with van der Waals surface area (Å²) in [6.07, 6.45) is -1.05. The topological polar surface area (TPSA) is 168 Å². The van der Waals surface area contributed by atoms with Gasteiger partial charge in [0.15, 0.2) is 24.3 Å². The van der Waals surface area contributed by atoms with Crippen molar-refractivity contribution in [1.82, 2.24) is 9.97 Å². The Kier molecular flexibility index (Phi) is 6.42. The minimum atomic E-state index is -1.04. The van der Waals surface area contributed by atoms with Crippen molar-refractivity contribution in [2.45, 2.75) is 45.3 Å². The average Bonchev–Trinajstić information content (AvgIpc) is 2.96. The van der Waals surface area contributed by atoms with E-state index in [0.717, 1.165) is 0 Å². The molecule has 30 heavy (non-hydrogen) atoms. The number of ether oxygens (including phenoxy) is 4. The van der Waals surface area contributed by atoms with E-state index in [1.54, 1.807) is 6.21 Å². The highest BCUT2D eigenvalue weighted by molar-refractivity contribution is 5.93. The largest absolute Gasteiger partial charge is 0.463 e. The molecule has 0 bridgehead atoms. The van der Waals surface area contributed by atoms with Crippen molar-refractivity contribution in [3.63, 3.8) is 0 Å². The number of fused-ring (bicyclic) bond motifs is 1. The van der Waals surface area contributed by atoms with E-state index in [4.69, 9.17) is 24.8 Å². The molecule has 0 spiro atoms. The van der Waals surface area contributed by atoms with E-state index >= 15 is 0 Å². The van der Waals surface area contributed by atoms with Crippen LogP contribution in [0.4, 0.5) is 11.6 Å². The van der Waals surface area contributed by atoms with Crippen LogP contribution in [0.25, 0.3) is 0 Å². The number of carbonyl (C=O) groups excluding carboxylic acids is 3. The summed E-state index contributed by atoms with van der Waals surface area (Å²) < 4.78 is 21.5. The highest BCUT2D eigenvalue weighted by atomic mass is 16.7. The first-order valence-corrected chi connectivity index (χ1v) is 9.03. The summed E-state index contributed by atoms with van der Waals surface area (Å²) in [5, 5.41) is 4.35. The minimum Gasteiger partial charge on any atom is -0.463 e. The van der Waals surface area contributed by atoms with E-state index in [0.29, 0.717) is 17.2 Å². The molecule has 3 N–H and O–H groups in total. The Bertz CT molecular complexity index is 863. The van der Waals surface area contributed by atoms with Crippen LogP contribution in [0.1, 0.15) is 26.3 Å². The van der Waals surface area contributed by atoms with Crippen molar-refractivity contribution in [3.8, 4) is 0 Å². The summed E-state index contributed by atoms with van der Waals surface area (Å²) in [4.78, 5) is 46.9. The molecule has 1 aromatic rings. The smallest absolute Gasteiger partial charge is 0.303 e. The van der Waals surface area contributed by atoms with Gasteiger partial charge >= 0.3 is 17.9 Å². The van der Waals surface area contributed by atoms with E-state index in [1.165, 1.54) is 32.1 Å². The van der Waals surface area contributed by atoms with Crippen LogP contribution < -0.4 is 16.2 Å². The fourth-order valence-electron chi connectivity index (χ4n) is 3.10. The van der Waals surface area contributed by atoms with E-state index in [9.17, 15) is 14.4 Å². The SMILES string of the molecule is CC(=O)OC[C@H]1O[C@@H](Nc2ncnc3c2C=NCN3N)[C@H](OC(C)=O)[C@@H]1OC(C)=O. The Morgan fingerprint density at radius 1 is 1.17 bits per heavy atom. The normalized spacial score (nSPS) is 24.7. The summed E-state index contributed by atoms with van der Waals surface area (Å²) in [6.45, 7) is 3.69. The second-order valence-corrected chi connectivity index (χ2v) is 6.57. The molecule has 13 heteroatoms. The zero-order valence-corrected chi connectivity index (χ0v) is 16.6. The van der Waals surface area contributed by atoms with Crippen molar-refractivity contribution in [2.75, 3.05) is 23.6 Å². The van der Waals surface area contributed by atoms with Gasteiger partial charge in [0.1, 0.15) is 31.5 Å². The number of aliphatic imine (C=N–C) groups is 1. The molecule has 4 atom stereocenters. The molecular formula is C17H22N6O7. The van der Waals surface area contributed by atoms with Crippen molar-refractivity contribution < 1.29 is 33.3 Å². The van der Waals surface area contributed by atoms with Crippen molar-refractivity contribution in [3.05, 3.63) is 11.9 Å². The maximum Gasteiger partial charge on any atom is 0.303 e. The van der Waals surface area contributed by atoms with Crippen LogP contribution >= 0.6 is 0 Å². The molecule has 0 saturated carbocycles. The maximum atomic E-state index is 11.7. The van der Waals surface area contributed by atoms with Gasteiger partial charge in [-0.15, -0.1) is 0 Å². The van der Waals surface area contributed by atoms with Gasteiger partial charge in [0.2, 0.25) is 0 Å². The van der Waals surface area contributed by atoms with Crippen molar-refractivity contribution in [2.24, 2.45) is 10.8 Å². The summed E-state index contributed by atoms with van der Waals surface area (Å²) >= 11 is 0. The van der Waals surface area contributed by atoms with Gasteiger partial charge < -0.3 is 24.3 Å². The third-order valence-electron chi connectivity index (χ3n) is 4.23. The molecule has 1 fully saturated rings. The van der Waals surface area contributed by atoms with Gasteiger partial charge in [0.25, 0.3) is 0 Å². The zero-order valence-electron chi connectivity index (χ0n) is 16.6. The Balaban J connectivity index is 1.89. The lowest BCUT2D eigenvalue weighted by molar-refractivity contribution is -0.165. The number of carbonyl (C=O) groups is 3. The number of nitrogens with one attached hydrogen (secondary N) is 1. The van der Waals surface area contributed by atoms with E-state index in [1.807, 2.05) is 0 Å². The zero-order chi connectivity index (χ0) is 21.8. The number of nitrogens with zero attached hydrogens (tertiary/aromatic N) is 4. The van der Waals surface area contributed by atoms with Gasteiger partial charge in [-0.05, 0) is 0 Å². The van der Waals surface area contributed by atoms with Crippen LogP contribution in [-0.2, 0) is 33.3 Å². The lowest BCUT2D eigenvalue weighted by atomic mass is 10.1. The van der Waals surface area contributed by atoms with Gasteiger partial charge in [-0.25, -0.2) is 15.8 Å². The molecule has 1 saturated heterocycles. The third-order valence-corrected chi connectivity index (χ3v) is 4.23. The van der Waals surface area contributed by atoms with Crippen LogP contribution in [-0.4, -0.2) is 71.9 Å². The monoisotopic (exact) mass is 422 g/mol. The Labute approximate surface area is 171 Å². The van der Waals surface area contributed by atoms with E-state index in [2.05, 4.69) is 20.3 Å². The molecule has 2 aliphatic heterocycles. The number of hydrogen-bond acceptors (Lipinski definition) is 13. The Morgan fingerprint density at radius 2 is 1.87 bits per heavy atom. The number of hydrogen-bond donors (Lipinski definition) is 2. The van der Waals surface area contributed by atoms with Gasteiger partial charge in [-0.1, -0.05) is 0 Å². The molecule has 13 nitrogen and oxygen atoms in total. The molecule has 3 heterocycles. The van der Waals surface area contributed by atoms with E-state index < -0.39 is 42.4 Å². The molecule has 0 unspecified atom stereocenters. The first-order valence-electron chi connectivity index (χ1n) is 9.03. The van der Waals surface area contributed by atoms with Crippen LogP contribution in [0, 0.1) is 0 Å². The Morgan fingerprint density at radius 3 is 2.53 bits per heavy atom. The first kappa shape index (κ1) is 21.4. The van der Waals surface area contributed by atoms with Crippen LogP contribution in [0.3, 0.4) is 0 Å². The predicted molar refractivity (Wildman–Crippen MR) is 101 cm³/mol. The quantitative estimate of drug-likeness (QED) is 0.330. The highest BCUT2D eigenvalue weighted by Crippen LogP contribution is 2.30. The third kappa shape index (κ3) is 4.80. The molecule has 1 aromatic heterocycles. The minimum absolute atomic E-state index is 0.205. The number of nitrogens with two attached hydrogens (primary N) is 1.